The third-order valence-corrected chi connectivity index (χ3v) is 4.22. The van der Waals surface area contributed by atoms with Crippen LogP contribution in [0.2, 0.25) is 0 Å². The Bertz CT molecular complexity index is 693. The number of benzene rings is 1. The van der Waals surface area contributed by atoms with Crippen LogP contribution in [0.15, 0.2) is 42.7 Å². The summed E-state index contributed by atoms with van der Waals surface area (Å²) in [6.45, 7) is 0.398. The summed E-state index contributed by atoms with van der Waals surface area (Å²) in [7, 11) is 0. The molecule has 1 saturated carbocycles. The van der Waals surface area contributed by atoms with Gasteiger partial charge in [-0.3, -0.25) is 4.79 Å². The Labute approximate surface area is 129 Å². The third-order valence-electron chi connectivity index (χ3n) is 4.22. The van der Waals surface area contributed by atoms with Crippen molar-refractivity contribution >= 4 is 5.91 Å². The smallest absolute Gasteiger partial charge is 0.240 e. The fourth-order valence-corrected chi connectivity index (χ4v) is 2.89. The number of nitrogens with one attached hydrogen (secondary N) is 1. The molecule has 1 N–H and O–H groups in total. The molecule has 5 heteroatoms. The van der Waals surface area contributed by atoms with E-state index in [1.54, 1.807) is 10.9 Å². The summed E-state index contributed by atoms with van der Waals surface area (Å²) in [6, 6.07) is 12.0. The van der Waals surface area contributed by atoms with Gasteiger partial charge in [-0.25, -0.2) is 4.68 Å². The molecule has 0 bridgehead atoms. The number of hydrogen-bond acceptors (Lipinski definition) is 3. The summed E-state index contributed by atoms with van der Waals surface area (Å²) >= 11 is 0. The summed E-state index contributed by atoms with van der Waals surface area (Å²) in [6.07, 6.45) is 6.86. The van der Waals surface area contributed by atoms with Gasteiger partial charge < -0.3 is 5.32 Å². The van der Waals surface area contributed by atoms with Crippen LogP contribution in [0.5, 0.6) is 0 Å². The molecule has 0 atom stereocenters. The van der Waals surface area contributed by atoms with Gasteiger partial charge in [-0.2, -0.15) is 10.4 Å². The summed E-state index contributed by atoms with van der Waals surface area (Å²) in [5, 5.41) is 16.5. The van der Waals surface area contributed by atoms with Gasteiger partial charge in [-0.1, -0.05) is 31.0 Å². The van der Waals surface area contributed by atoms with Crippen molar-refractivity contribution in [2.75, 3.05) is 0 Å². The van der Waals surface area contributed by atoms with Gasteiger partial charge in [0.25, 0.3) is 0 Å². The lowest BCUT2D eigenvalue weighted by atomic mass is 9.87. The van der Waals surface area contributed by atoms with E-state index in [0.29, 0.717) is 19.4 Å². The Balaban J connectivity index is 1.64. The summed E-state index contributed by atoms with van der Waals surface area (Å²) < 4.78 is 1.77. The van der Waals surface area contributed by atoms with Gasteiger partial charge in [0.15, 0.2) is 0 Å². The van der Waals surface area contributed by atoms with Crippen molar-refractivity contribution in [1.29, 1.82) is 5.26 Å². The Morgan fingerprint density at radius 3 is 2.73 bits per heavy atom. The highest BCUT2D eigenvalue weighted by atomic mass is 16.2. The van der Waals surface area contributed by atoms with E-state index >= 15 is 0 Å². The van der Waals surface area contributed by atoms with E-state index in [4.69, 9.17) is 0 Å². The minimum Gasteiger partial charge on any atom is -0.351 e. The molecule has 112 valence electrons. The van der Waals surface area contributed by atoms with Crippen LogP contribution in [-0.4, -0.2) is 15.7 Å². The first-order valence-corrected chi connectivity index (χ1v) is 7.52. The molecule has 0 aliphatic heterocycles. The average Bonchev–Trinajstić information content (AvgIpc) is 3.23. The van der Waals surface area contributed by atoms with Crippen molar-refractivity contribution in [3.63, 3.8) is 0 Å². The zero-order valence-corrected chi connectivity index (χ0v) is 12.3. The van der Waals surface area contributed by atoms with Crippen LogP contribution in [0.3, 0.4) is 0 Å². The number of nitrogens with zero attached hydrogens (tertiary/aromatic N) is 3. The topological polar surface area (TPSA) is 70.7 Å². The van der Waals surface area contributed by atoms with Crippen molar-refractivity contribution in [3.05, 3.63) is 48.3 Å². The molecule has 1 aliphatic carbocycles. The van der Waals surface area contributed by atoms with Gasteiger partial charge in [0.1, 0.15) is 5.41 Å². The van der Waals surface area contributed by atoms with E-state index in [1.165, 1.54) is 0 Å². The zero-order valence-electron chi connectivity index (χ0n) is 12.3. The van der Waals surface area contributed by atoms with Gasteiger partial charge in [0.2, 0.25) is 5.91 Å². The second-order valence-corrected chi connectivity index (χ2v) is 5.71. The number of carbonyl (C=O) groups excluding carboxylic acids is 1. The van der Waals surface area contributed by atoms with Crippen molar-refractivity contribution in [2.45, 2.75) is 32.2 Å². The highest BCUT2D eigenvalue weighted by Crippen LogP contribution is 2.37. The summed E-state index contributed by atoms with van der Waals surface area (Å²) in [5.41, 5.74) is 1.07. The highest BCUT2D eigenvalue weighted by molar-refractivity contribution is 5.85. The monoisotopic (exact) mass is 294 g/mol. The van der Waals surface area contributed by atoms with E-state index < -0.39 is 5.41 Å². The number of nitriles is 1. The number of carbonyl (C=O) groups is 1. The van der Waals surface area contributed by atoms with E-state index in [9.17, 15) is 10.1 Å². The largest absolute Gasteiger partial charge is 0.351 e. The Hall–Kier alpha value is -2.61. The number of aromatic nitrogens is 2. The Morgan fingerprint density at radius 2 is 2.05 bits per heavy atom. The highest BCUT2D eigenvalue weighted by Gasteiger charge is 2.41. The lowest BCUT2D eigenvalue weighted by Gasteiger charge is -2.18. The maximum absolute atomic E-state index is 12.3. The first kappa shape index (κ1) is 14.3. The predicted molar refractivity (Wildman–Crippen MR) is 81.9 cm³/mol. The fraction of sp³-hybridized carbons (Fsp3) is 0.353. The SMILES string of the molecule is N#CC1(C(=O)NCc2cnn(-c3ccccc3)c2)CCCC1. The van der Waals surface area contributed by atoms with Crippen molar-refractivity contribution in [2.24, 2.45) is 5.41 Å². The predicted octanol–water partition coefficient (Wildman–Crippen LogP) is 2.57. The lowest BCUT2D eigenvalue weighted by molar-refractivity contribution is -0.128. The molecule has 1 aliphatic rings. The van der Waals surface area contributed by atoms with Gasteiger partial charge in [-0.15, -0.1) is 0 Å². The van der Waals surface area contributed by atoms with Crippen LogP contribution >= 0.6 is 0 Å². The number of rotatable bonds is 4. The molecule has 0 spiro atoms. The molecule has 0 radical (unpaired) electrons. The molecule has 1 heterocycles. The molecule has 1 fully saturated rings. The van der Waals surface area contributed by atoms with Gasteiger partial charge in [0, 0.05) is 18.3 Å². The number of para-hydroxylation sites is 1. The van der Waals surface area contributed by atoms with Crippen molar-refractivity contribution in [3.8, 4) is 11.8 Å². The molecule has 1 amide bonds. The van der Waals surface area contributed by atoms with Gasteiger partial charge >= 0.3 is 0 Å². The minimum absolute atomic E-state index is 0.153. The van der Waals surface area contributed by atoms with Crippen LogP contribution in [0.25, 0.3) is 5.69 Å². The minimum atomic E-state index is -0.824. The third kappa shape index (κ3) is 2.73. The molecule has 3 rings (SSSR count). The molecule has 0 unspecified atom stereocenters. The van der Waals surface area contributed by atoms with E-state index in [1.807, 2.05) is 36.5 Å². The average molecular weight is 294 g/mol. The maximum Gasteiger partial charge on any atom is 0.240 e. The van der Waals surface area contributed by atoms with Crippen molar-refractivity contribution in [1.82, 2.24) is 15.1 Å². The summed E-state index contributed by atoms with van der Waals surface area (Å²) in [5.74, 6) is -0.153. The first-order chi connectivity index (χ1) is 10.7. The van der Waals surface area contributed by atoms with Crippen LogP contribution in [0.1, 0.15) is 31.2 Å². The summed E-state index contributed by atoms with van der Waals surface area (Å²) in [4.78, 5) is 12.3. The molecular weight excluding hydrogens is 276 g/mol. The van der Waals surface area contributed by atoms with Gasteiger partial charge in [0.05, 0.1) is 18.0 Å². The lowest BCUT2D eigenvalue weighted by Crippen LogP contribution is -2.37. The molecular formula is C17H18N4O. The van der Waals surface area contributed by atoms with Crippen LogP contribution in [-0.2, 0) is 11.3 Å². The standard InChI is InChI=1S/C17H18N4O/c18-13-17(8-4-5-9-17)16(22)19-10-14-11-20-21(12-14)15-6-2-1-3-7-15/h1-3,6-7,11-12H,4-5,8-10H2,(H,19,22). The quantitative estimate of drug-likeness (QED) is 0.942. The normalized spacial score (nSPS) is 16.1. The number of hydrogen-bond donors (Lipinski definition) is 1. The molecule has 5 nitrogen and oxygen atoms in total. The molecule has 1 aromatic heterocycles. The second-order valence-electron chi connectivity index (χ2n) is 5.71. The second kappa shape index (κ2) is 6.02. The van der Waals surface area contributed by atoms with Crippen LogP contribution in [0, 0.1) is 16.7 Å². The van der Waals surface area contributed by atoms with E-state index in [0.717, 1.165) is 24.1 Å². The fourth-order valence-electron chi connectivity index (χ4n) is 2.89. The van der Waals surface area contributed by atoms with E-state index in [-0.39, 0.29) is 5.91 Å². The van der Waals surface area contributed by atoms with Crippen LogP contribution < -0.4 is 5.32 Å². The van der Waals surface area contributed by atoms with Crippen molar-refractivity contribution < 1.29 is 4.79 Å². The zero-order chi connectivity index (χ0) is 15.4. The van der Waals surface area contributed by atoms with Gasteiger partial charge in [-0.05, 0) is 25.0 Å². The molecule has 2 aromatic rings. The Morgan fingerprint density at radius 1 is 1.32 bits per heavy atom. The Kier molecular flexibility index (Phi) is 3.92. The maximum atomic E-state index is 12.3. The van der Waals surface area contributed by atoms with Crippen LogP contribution in [0.4, 0.5) is 0 Å². The van der Waals surface area contributed by atoms with E-state index in [2.05, 4.69) is 16.5 Å². The molecule has 0 saturated heterocycles. The molecule has 22 heavy (non-hydrogen) atoms. The molecule has 1 aromatic carbocycles. The number of amides is 1. The first-order valence-electron chi connectivity index (χ1n) is 7.52.